The van der Waals surface area contributed by atoms with Crippen LogP contribution in [0.25, 0.3) is 0 Å². The van der Waals surface area contributed by atoms with Crippen molar-refractivity contribution in [3.05, 3.63) is 18.2 Å². The van der Waals surface area contributed by atoms with Crippen molar-refractivity contribution in [2.45, 2.75) is 4.90 Å². The lowest BCUT2D eigenvalue weighted by molar-refractivity contribution is 0.0730. The van der Waals surface area contributed by atoms with Gasteiger partial charge in [0.05, 0.1) is 34.6 Å². The Morgan fingerprint density at radius 2 is 2.10 bits per heavy atom. The highest BCUT2D eigenvalue weighted by molar-refractivity contribution is 7.89. The Kier molecular flexibility index (Phi) is 5.01. The van der Waals surface area contributed by atoms with Gasteiger partial charge in [0, 0.05) is 13.1 Å². The molecule has 0 spiro atoms. The van der Waals surface area contributed by atoms with Gasteiger partial charge < -0.3 is 4.74 Å². The molecule has 1 heterocycles. The Bertz CT molecular complexity index is 715. The van der Waals surface area contributed by atoms with Gasteiger partial charge in [0.15, 0.2) is 6.19 Å². The number of hydrogen-bond donors (Lipinski definition) is 1. The van der Waals surface area contributed by atoms with Gasteiger partial charge in [-0.15, -0.1) is 0 Å². The quantitative estimate of drug-likeness (QED) is 0.389. The molecular weight excluding hydrogens is 312 g/mol. The summed E-state index contributed by atoms with van der Waals surface area (Å²) in [6, 6.07) is 4.26. The number of isothiocyanates is 1. The summed E-state index contributed by atoms with van der Waals surface area (Å²) in [5, 5.41) is 13.2. The van der Waals surface area contributed by atoms with Crippen molar-refractivity contribution in [1.29, 1.82) is 5.26 Å². The molecule has 1 saturated heterocycles. The zero-order chi connectivity index (χ0) is 15.3. The van der Waals surface area contributed by atoms with Crippen molar-refractivity contribution in [3.63, 3.8) is 0 Å². The Labute approximate surface area is 127 Å². The normalized spacial score (nSPS) is 15.8. The fourth-order valence-electron chi connectivity index (χ4n) is 1.92. The Morgan fingerprint density at radius 3 is 2.71 bits per heavy atom. The Hall–Kier alpha value is -1.82. The second-order valence-electron chi connectivity index (χ2n) is 4.14. The van der Waals surface area contributed by atoms with Crippen molar-refractivity contribution < 1.29 is 13.2 Å². The van der Waals surface area contributed by atoms with E-state index in [1.807, 2.05) is 0 Å². The molecular formula is C12H12N4O3S2. The van der Waals surface area contributed by atoms with Crippen LogP contribution in [-0.2, 0) is 14.8 Å². The van der Waals surface area contributed by atoms with E-state index in [9.17, 15) is 8.42 Å². The molecule has 2 rings (SSSR count). The summed E-state index contributed by atoms with van der Waals surface area (Å²) in [7, 11) is -3.61. The van der Waals surface area contributed by atoms with Crippen LogP contribution in [0.1, 0.15) is 0 Å². The first-order chi connectivity index (χ1) is 10.1. The molecule has 0 amide bonds. The van der Waals surface area contributed by atoms with Gasteiger partial charge in [-0.3, -0.25) is 5.32 Å². The van der Waals surface area contributed by atoms with Gasteiger partial charge in [-0.05, 0) is 30.4 Å². The van der Waals surface area contributed by atoms with Gasteiger partial charge in [0.2, 0.25) is 10.0 Å². The average molecular weight is 324 g/mol. The number of ether oxygens (including phenoxy) is 1. The first kappa shape index (κ1) is 15.6. The topological polar surface area (TPSA) is 94.8 Å². The van der Waals surface area contributed by atoms with Gasteiger partial charge in [-0.1, -0.05) is 0 Å². The predicted molar refractivity (Wildman–Crippen MR) is 79.9 cm³/mol. The number of thiocarbonyl (C=S) groups is 1. The van der Waals surface area contributed by atoms with E-state index in [0.717, 1.165) is 0 Å². The maximum Gasteiger partial charge on any atom is 0.243 e. The maximum atomic E-state index is 12.5. The highest BCUT2D eigenvalue weighted by atomic mass is 32.2. The van der Waals surface area contributed by atoms with Crippen LogP contribution in [0.5, 0.6) is 0 Å². The lowest BCUT2D eigenvalue weighted by Crippen LogP contribution is -2.40. The fourth-order valence-corrected chi connectivity index (χ4v) is 3.44. The fraction of sp³-hybridized carbons (Fsp3) is 0.333. The number of nitriles is 1. The SMILES string of the molecule is N#CNc1ccc(S(=O)(=O)N2CCOCC2)cc1N=C=S. The number of aliphatic imine (C=N–C) groups is 1. The molecule has 1 aliphatic heterocycles. The third-order valence-corrected chi connectivity index (χ3v) is 4.92. The molecule has 1 fully saturated rings. The molecule has 0 bridgehead atoms. The van der Waals surface area contributed by atoms with Crippen LogP contribution in [-0.4, -0.2) is 44.2 Å². The van der Waals surface area contributed by atoms with Crippen molar-refractivity contribution >= 4 is 38.8 Å². The van der Waals surface area contributed by atoms with Crippen LogP contribution < -0.4 is 5.32 Å². The molecule has 1 aromatic carbocycles. The van der Waals surface area contributed by atoms with Gasteiger partial charge in [0.25, 0.3) is 0 Å². The largest absolute Gasteiger partial charge is 0.379 e. The van der Waals surface area contributed by atoms with E-state index in [1.165, 1.54) is 22.5 Å². The van der Waals surface area contributed by atoms with Gasteiger partial charge >= 0.3 is 0 Å². The summed E-state index contributed by atoms with van der Waals surface area (Å²) in [4.78, 5) is 3.88. The second kappa shape index (κ2) is 6.76. The minimum Gasteiger partial charge on any atom is -0.379 e. The van der Waals surface area contributed by atoms with E-state index in [1.54, 1.807) is 6.19 Å². The van der Waals surface area contributed by atoms with Crippen molar-refractivity contribution in [2.75, 3.05) is 31.6 Å². The highest BCUT2D eigenvalue weighted by Gasteiger charge is 2.26. The molecule has 0 aliphatic carbocycles. The summed E-state index contributed by atoms with van der Waals surface area (Å²) in [6.07, 6.45) is 1.76. The van der Waals surface area contributed by atoms with Crippen LogP contribution >= 0.6 is 12.2 Å². The van der Waals surface area contributed by atoms with Gasteiger partial charge in [0.1, 0.15) is 0 Å². The van der Waals surface area contributed by atoms with E-state index in [2.05, 4.69) is 27.7 Å². The van der Waals surface area contributed by atoms with E-state index < -0.39 is 10.0 Å². The minimum absolute atomic E-state index is 0.0943. The number of nitrogens with one attached hydrogen (secondary N) is 1. The van der Waals surface area contributed by atoms with Crippen LogP contribution in [0.15, 0.2) is 28.1 Å². The van der Waals surface area contributed by atoms with Crippen LogP contribution in [0.4, 0.5) is 11.4 Å². The number of nitrogens with zero attached hydrogens (tertiary/aromatic N) is 3. The molecule has 7 nitrogen and oxygen atoms in total. The standard InChI is InChI=1S/C12H12N4O3S2/c13-8-14-11-2-1-10(7-12(11)15-9-20)21(17,18)16-3-5-19-6-4-16/h1-2,7,14H,3-6H2. The summed E-state index contributed by atoms with van der Waals surface area (Å²) in [5.74, 6) is 0. The highest BCUT2D eigenvalue weighted by Crippen LogP contribution is 2.29. The lowest BCUT2D eigenvalue weighted by atomic mass is 10.3. The first-order valence-corrected chi connectivity index (χ1v) is 7.89. The number of anilines is 1. The molecule has 110 valence electrons. The number of morpholine rings is 1. The van der Waals surface area contributed by atoms with E-state index >= 15 is 0 Å². The molecule has 1 N–H and O–H groups in total. The zero-order valence-electron chi connectivity index (χ0n) is 10.9. The monoisotopic (exact) mass is 324 g/mol. The molecule has 0 radical (unpaired) electrons. The first-order valence-electron chi connectivity index (χ1n) is 6.04. The Morgan fingerprint density at radius 1 is 1.38 bits per heavy atom. The summed E-state index contributed by atoms with van der Waals surface area (Å²) in [6.45, 7) is 1.37. The number of rotatable bonds is 4. The number of benzene rings is 1. The molecule has 0 saturated carbocycles. The van der Waals surface area contributed by atoms with Gasteiger partial charge in [-0.2, -0.15) is 14.6 Å². The van der Waals surface area contributed by atoms with Crippen LogP contribution in [0.2, 0.25) is 0 Å². The van der Waals surface area contributed by atoms with Crippen LogP contribution in [0, 0.1) is 11.5 Å². The average Bonchev–Trinajstić information content (AvgIpc) is 2.50. The molecule has 21 heavy (non-hydrogen) atoms. The number of sulfonamides is 1. The minimum atomic E-state index is -3.61. The Balaban J connectivity index is 2.41. The van der Waals surface area contributed by atoms with Crippen molar-refractivity contribution in [3.8, 4) is 6.19 Å². The van der Waals surface area contributed by atoms with E-state index in [0.29, 0.717) is 32.0 Å². The summed E-state index contributed by atoms with van der Waals surface area (Å²) < 4.78 is 31.5. The van der Waals surface area contributed by atoms with Crippen LogP contribution in [0.3, 0.4) is 0 Å². The number of hydrogen-bond acceptors (Lipinski definition) is 7. The van der Waals surface area contributed by atoms with E-state index in [-0.39, 0.29) is 10.6 Å². The maximum absolute atomic E-state index is 12.5. The third-order valence-electron chi connectivity index (χ3n) is 2.93. The third kappa shape index (κ3) is 3.44. The van der Waals surface area contributed by atoms with Crippen molar-refractivity contribution in [1.82, 2.24) is 4.31 Å². The second-order valence-corrected chi connectivity index (χ2v) is 6.26. The lowest BCUT2D eigenvalue weighted by Gasteiger charge is -2.26. The molecule has 9 heteroatoms. The zero-order valence-corrected chi connectivity index (χ0v) is 12.6. The molecule has 0 unspecified atom stereocenters. The van der Waals surface area contributed by atoms with Gasteiger partial charge in [-0.25, -0.2) is 8.42 Å². The molecule has 1 aliphatic rings. The summed E-state index contributed by atoms with van der Waals surface area (Å²) >= 11 is 4.54. The molecule has 0 atom stereocenters. The van der Waals surface area contributed by atoms with Crippen molar-refractivity contribution in [2.24, 2.45) is 4.99 Å². The smallest absolute Gasteiger partial charge is 0.243 e. The predicted octanol–water partition coefficient (Wildman–Crippen LogP) is 1.33. The molecule has 0 aromatic heterocycles. The van der Waals surface area contributed by atoms with E-state index in [4.69, 9.17) is 10.00 Å². The summed E-state index contributed by atoms with van der Waals surface area (Å²) in [5.41, 5.74) is 0.622. The molecule has 1 aromatic rings.